The minimum atomic E-state index is -0.243. The van der Waals surface area contributed by atoms with Crippen molar-refractivity contribution >= 4 is 29.0 Å². The maximum atomic E-state index is 12.0. The van der Waals surface area contributed by atoms with Gasteiger partial charge in [0.2, 0.25) is 0 Å². The smallest absolute Gasteiger partial charge is 0.257 e. The summed E-state index contributed by atoms with van der Waals surface area (Å²) in [5, 5.41) is 3.25. The molecule has 4 nitrogen and oxygen atoms in total. The van der Waals surface area contributed by atoms with Gasteiger partial charge < -0.3 is 11.1 Å². The molecule has 0 bridgehead atoms. The topological polar surface area (TPSA) is 68.0 Å². The lowest BCUT2D eigenvalue weighted by atomic mass is 10.1. The number of amides is 1. The van der Waals surface area contributed by atoms with Gasteiger partial charge in [0.15, 0.2) is 0 Å². The van der Waals surface area contributed by atoms with Crippen molar-refractivity contribution in [3.63, 3.8) is 0 Å². The average molecular weight is 262 g/mol. The molecular weight excluding hydrogens is 250 g/mol. The number of anilines is 2. The van der Waals surface area contributed by atoms with Gasteiger partial charge in [-0.2, -0.15) is 0 Å². The summed E-state index contributed by atoms with van der Waals surface area (Å²) in [4.78, 5) is 16.0. The molecule has 0 spiro atoms. The number of nitrogens with two attached hydrogens (primary N) is 1. The molecule has 0 atom stereocenters. The molecule has 0 unspecified atom stereocenters. The van der Waals surface area contributed by atoms with Crippen molar-refractivity contribution < 1.29 is 4.79 Å². The normalized spacial score (nSPS) is 10.1. The van der Waals surface area contributed by atoms with E-state index < -0.39 is 0 Å². The minimum absolute atomic E-state index is 0.243. The quantitative estimate of drug-likeness (QED) is 0.873. The number of nitrogen functional groups attached to an aromatic ring is 1. The number of benzene rings is 1. The third-order valence-corrected chi connectivity index (χ3v) is 2.95. The highest BCUT2D eigenvalue weighted by Crippen LogP contribution is 2.19. The summed E-state index contributed by atoms with van der Waals surface area (Å²) < 4.78 is 0. The third kappa shape index (κ3) is 2.60. The predicted molar refractivity (Wildman–Crippen MR) is 72.8 cm³/mol. The zero-order valence-electron chi connectivity index (χ0n) is 9.77. The second kappa shape index (κ2) is 5.06. The van der Waals surface area contributed by atoms with E-state index in [1.807, 2.05) is 0 Å². The van der Waals surface area contributed by atoms with Crippen LogP contribution in [0, 0.1) is 6.92 Å². The lowest BCUT2D eigenvalue weighted by Gasteiger charge is -2.08. The van der Waals surface area contributed by atoms with Crippen LogP contribution in [0.25, 0.3) is 0 Å². The fraction of sp³-hybridized carbons (Fsp3) is 0.0769. The first kappa shape index (κ1) is 12.4. The van der Waals surface area contributed by atoms with Crippen LogP contribution in [0.3, 0.4) is 0 Å². The number of hydrogen-bond acceptors (Lipinski definition) is 3. The summed E-state index contributed by atoms with van der Waals surface area (Å²) in [6.45, 7) is 1.80. The number of halogens is 1. The molecule has 18 heavy (non-hydrogen) atoms. The number of hydrogen-bond donors (Lipinski definition) is 2. The van der Waals surface area contributed by atoms with E-state index in [0.29, 0.717) is 22.1 Å². The first-order chi connectivity index (χ1) is 8.58. The van der Waals surface area contributed by atoms with Gasteiger partial charge in [-0.25, -0.2) is 4.98 Å². The lowest BCUT2D eigenvalue weighted by molar-refractivity contribution is 0.102. The molecule has 0 aliphatic rings. The number of aromatic nitrogens is 1. The van der Waals surface area contributed by atoms with E-state index in [9.17, 15) is 4.79 Å². The summed E-state index contributed by atoms with van der Waals surface area (Å²) in [6.07, 6.45) is 1.49. The van der Waals surface area contributed by atoms with Crippen molar-refractivity contribution in [2.75, 3.05) is 11.1 Å². The molecule has 5 heteroatoms. The Kier molecular flexibility index (Phi) is 3.48. The zero-order chi connectivity index (χ0) is 13.1. The molecule has 0 aliphatic carbocycles. The highest BCUT2D eigenvalue weighted by atomic mass is 35.5. The summed E-state index contributed by atoms with van der Waals surface area (Å²) in [5.74, 6) is 0.209. The second-order valence-corrected chi connectivity index (χ2v) is 4.25. The molecule has 0 fully saturated rings. The van der Waals surface area contributed by atoms with Crippen LogP contribution >= 0.6 is 11.6 Å². The van der Waals surface area contributed by atoms with Crippen molar-refractivity contribution in [2.45, 2.75) is 6.92 Å². The molecule has 0 saturated heterocycles. The van der Waals surface area contributed by atoms with E-state index in [0.717, 1.165) is 5.56 Å². The molecule has 1 amide bonds. The monoisotopic (exact) mass is 261 g/mol. The summed E-state index contributed by atoms with van der Waals surface area (Å²) >= 11 is 5.97. The van der Waals surface area contributed by atoms with E-state index in [1.54, 1.807) is 37.3 Å². The summed E-state index contributed by atoms with van der Waals surface area (Å²) in [7, 11) is 0. The molecule has 0 radical (unpaired) electrons. The largest absolute Gasteiger partial charge is 0.397 e. The number of pyridine rings is 1. The zero-order valence-corrected chi connectivity index (χ0v) is 10.5. The van der Waals surface area contributed by atoms with Crippen LogP contribution in [0.4, 0.5) is 11.5 Å². The standard InChI is InChI=1S/C13H12ClN3O/c1-8-10(3-2-4-11(8)14)13(18)17-12-6-5-9(15)7-16-12/h2-7H,15H2,1H3,(H,16,17,18). The van der Waals surface area contributed by atoms with Crippen LogP contribution in [0.2, 0.25) is 5.02 Å². The van der Waals surface area contributed by atoms with Crippen molar-refractivity contribution in [2.24, 2.45) is 0 Å². The molecule has 3 N–H and O–H groups in total. The molecule has 0 aliphatic heterocycles. The van der Waals surface area contributed by atoms with Gasteiger partial charge in [-0.1, -0.05) is 17.7 Å². The van der Waals surface area contributed by atoms with E-state index in [-0.39, 0.29) is 5.91 Å². The van der Waals surface area contributed by atoms with Crippen LogP contribution in [0.5, 0.6) is 0 Å². The van der Waals surface area contributed by atoms with E-state index >= 15 is 0 Å². The fourth-order valence-corrected chi connectivity index (χ4v) is 1.69. The van der Waals surface area contributed by atoms with Gasteiger partial charge in [0.05, 0.1) is 11.9 Å². The van der Waals surface area contributed by atoms with E-state index in [1.165, 1.54) is 6.20 Å². The summed E-state index contributed by atoms with van der Waals surface area (Å²) in [6, 6.07) is 8.52. The molecule has 1 aromatic heterocycles. The Morgan fingerprint density at radius 3 is 2.78 bits per heavy atom. The second-order valence-electron chi connectivity index (χ2n) is 3.84. The maximum Gasteiger partial charge on any atom is 0.257 e. The van der Waals surface area contributed by atoms with Gasteiger partial charge in [-0.3, -0.25) is 4.79 Å². The molecule has 1 aromatic carbocycles. The van der Waals surface area contributed by atoms with Gasteiger partial charge >= 0.3 is 0 Å². The Morgan fingerprint density at radius 2 is 2.11 bits per heavy atom. The highest BCUT2D eigenvalue weighted by Gasteiger charge is 2.11. The minimum Gasteiger partial charge on any atom is -0.397 e. The first-order valence-corrected chi connectivity index (χ1v) is 5.73. The van der Waals surface area contributed by atoms with E-state index in [4.69, 9.17) is 17.3 Å². The Labute approximate surface area is 110 Å². The van der Waals surface area contributed by atoms with Crippen LogP contribution < -0.4 is 11.1 Å². The van der Waals surface area contributed by atoms with Gasteiger partial charge in [-0.15, -0.1) is 0 Å². The van der Waals surface area contributed by atoms with Crippen LogP contribution in [-0.2, 0) is 0 Å². The van der Waals surface area contributed by atoms with Gasteiger partial charge in [0.1, 0.15) is 5.82 Å². The molecule has 2 aromatic rings. The van der Waals surface area contributed by atoms with Crippen molar-refractivity contribution in [1.29, 1.82) is 0 Å². The van der Waals surface area contributed by atoms with Crippen LogP contribution in [-0.4, -0.2) is 10.9 Å². The molecule has 2 rings (SSSR count). The molecular formula is C13H12ClN3O. The number of carbonyl (C=O) groups excluding carboxylic acids is 1. The molecule has 92 valence electrons. The fourth-order valence-electron chi connectivity index (χ4n) is 1.52. The average Bonchev–Trinajstić information content (AvgIpc) is 2.35. The van der Waals surface area contributed by atoms with Crippen molar-refractivity contribution in [1.82, 2.24) is 4.98 Å². The van der Waals surface area contributed by atoms with E-state index in [2.05, 4.69) is 10.3 Å². The van der Waals surface area contributed by atoms with Crippen molar-refractivity contribution in [3.05, 3.63) is 52.7 Å². The first-order valence-electron chi connectivity index (χ1n) is 5.36. The van der Waals surface area contributed by atoms with Crippen molar-refractivity contribution in [3.8, 4) is 0 Å². The maximum absolute atomic E-state index is 12.0. The Morgan fingerprint density at radius 1 is 1.33 bits per heavy atom. The third-order valence-electron chi connectivity index (χ3n) is 2.54. The van der Waals surface area contributed by atoms with Crippen LogP contribution in [0.15, 0.2) is 36.5 Å². The van der Waals surface area contributed by atoms with Gasteiger partial charge in [0.25, 0.3) is 5.91 Å². The van der Waals surface area contributed by atoms with Crippen LogP contribution in [0.1, 0.15) is 15.9 Å². The molecule has 0 saturated carbocycles. The van der Waals surface area contributed by atoms with Gasteiger partial charge in [0, 0.05) is 10.6 Å². The summed E-state index contributed by atoms with van der Waals surface area (Å²) in [5.41, 5.74) is 7.34. The number of rotatable bonds is 2. The Hall–Kier alpha value is -2.07. The Bertz CT molecular complexity index is 581. The SMILES string of the molecule is Cc1c(Cl)cccc1C(=O)Nc1ccc(N)cn1. The molecule has 1 heterocycles. The number of nitrogens with one attached hydrogen (secondary N) is 1. The predicted octanol–water partition coefficient (Wildman–Crippen LogP) is 2.88. The number of carbonyl (C=O) groups is 1. The van der Waals surface area contributed by atoms with Gasteiger partial charge in [-0.05, 0) is 36.8 Å². The number of nitrogens with zero attached hydrogens (tertiary/aromatic N) is 1. The highest BCUT2D eigenvalue weighted by molar-refractivity contribution is 6.32. The lowest BCUT2D eigenvalue weighted by Crippen LogP contribution is -2.14. The Balaban J connectivity index is 2.22.